The average molecular weight is 427 g/mol. The molecular formula is C21H28F3N3O3. The van der Waals surface area contributed by atoms with Gasteiger partial charge in [0.25, 0.3) is 0 Å². The number of halogens is 3. The molecule has 0 bridgehead atoms. The van der Waals surface area contributed by atoms with E-state index in [1.54, 1.807) is 0 Å². The Bertz CT molecular complexity index is 765. The van der Waals surface area contributed by atoms with Crippen molar-refractivity contribution in [3.63, 3.8) is 0 Å². The summed E-state index contributed by atoms with van der Waals surface area (Å²) in [4.78, 5) is 27.9. The van der Waals surface area contributed by atoms with Gasteiger partial charge in [0, 0.05) is 37.2 Å². The average Bonchev–Trinajstić information content (AvgIpc) is 2.73. The maximum atomic E-state index is 13.0. The van der Waals surface area contributed by atoms with Crippen LogP contribution in [0.5, 0.6) is 0 Å². The first-order valence-electron chi connectivity index (χ1n) is 10.2. The monoisotopic (exact) mass is 427 g/mol. The minimum atomic E-state index is -4.51. The molecule has 0 aliphatic carbocycles. The summed E-state index contributed by atoms with van der Waals surface area (Å²) in [6.07, 6.45) is -3.71. The standard InChI is InChI=1S/C21H28F3N3O3/c1-20(19(29)26-7-8-27-9-11-30-12-10-27)5-6-25-17(14-20)18(28)15-3-2-4-16(13-15)21(22,23)24/h2-4,13,17,25H,5-12,14H2,1H3,(H,26,29). The zero-order valence-electron chi connectivity index (χ0n) is 17.1. The molecule has 2 fully saturated rings. The fourth-order valence-electron chi connectivity index (χ4n) is 3.95. The number of amides is 1. The molecule has 3 rings (SSSR count). The maximum Gasteiger partial charge on any atom is 0.416 e. The van der Waals surface area contributed by atoms with Crippen molar-refractivity contribution in [2.75, 3.05) is 45.9 Å². The lowest BCUT2D eigenvalue weighted by Crippen LogP contribution is -2.53. The highest BCUT2D eigenvalue weighted by Crippen LogP contribution is 2.33. The zero-order valence-corrected chi connectivity index (χ0v) is 17.1. The van der Waals surface area contributed by atoms with E-state index < -0.39 is 29.0 Å². The first-order chi connectivity index (χ1) is 14.2. The molecule has 2 N–H and O–H groups in total. The second kappa shape index (κ2) is 9.45. The number of carbonyl (C=O) groups is 2. The van der Waals surface area contributed by atoms with Gasteiger partial charge in [-0.15, -0.1) is 0 Å². The van der Waals surface area contributed by atoms with Gasteiger partial charge in [0.15, 0.2) is 5.78 Å². The topological polar surface area (TPSA) is 70.7 Å². The number of rotatable bonds is 6. The molecule has 0 radical (unpaired) electrons. The van der Waals surface area contributed by atoms with E-state index >= 15 is 0 Å². The van der Waals surface area contributed by atoms with Crippen LogP contribution < -0.4 is 10.6 Å². The van der Waals surface area contributed by atoms with Crippen molar-refractivity contribution >= 4 is 11.7 Å². The molecule has 1 amide bonds. The number of benzene rings is 1. The molecule has 1 aromatic carbocycles. The van der Waals surface area contributed by atoms with E-state index in [0.29, 0.717) is 32.7 Å². The third-order valence-electron chi connectivity index (χ3n) is 5.88. The van der Waals surface area contributed by atoms with Gasteiger partial charge in [0.05, 0.1) is 24.8 Å². The first kappa shape index (κ1) is 22.7. The number of Topliss-reactive ketones (excluding diaryl/α,β-unsaturated/α-hetero) is 1. The molecule has 0 aromatic heterocycles. The fraction of sp³-hybridized carbons (Fsp3) is 0.619. The number of alkyl halides is 3. The second-order valence-electron chi connectivity index (χ2n) is 8.17. The van der Waals surface area contributed by atoms with E-state index in [0.717, 1.165) is 31.8 Å². The molecule has 2 unspecified atom stereocenters. The summed E-state index contributed by atoms with van der Waals surface area (Å²) in [6.45, 7) is 6.56. The third-order valence-corrected chi connectivity index (χ3v) is 5.88. The molecule has 0 spiro atoms. The lowest BCUT2D eigenvalue weighted by atomic mass is 9.75. The number of nitrogens with one attached hydrogen (secondary N) is 2. The van der Waals surface area contributed by atoms with Gasteiger partial charge in [-0.3, -0.25) is 14.5 Å². The summed E-state index contributed by atoms with van der Waals surface area (Å²) in [5.74, 6) is -0.549. The molecule has 1 aromatic rings. The Balaban J connectivity index is 1.59. The van der Waals surface area contributed by atoms with Crippen molar-refractivity contribution in [2.24, 2.45) is 5.41 Å². The van der Waals surface area contributed by atoms with Crippen molar-refractivity contribution in [2.45, 2.75) is 32.0 Å². The van der Waals surface area contributed by atoms with E-state index in [2.05, 4.69) is 15.5 Å². The summed E-state index contributed by atoms with van der Waals surface area (Å²) in [5, 5.41) is 6.02. The highest BCUT2D eigenvalue weighted by molar-refractivity contribution is 6.01. The summed E-state index contributed by atoms with van der Waals surface area (Å²) < 4.78 is 44.2. The van der Waals surface area contributed by atoms with Gasteiger partial charge in [-0.25, -0.2) is 0 Å². The van der Waals surface area contributed by atoms with Crippen molar-refractivity contribution < 1.29 is 27.5 Å². The third kappa shape index (κ3) is 5.59. The Morgan fingerprint density at radius 1 is 1.30 bits per heavy atom. The first-order valence-corrected chi connectivity index (χ1v) is 10.2. The minimum absolute atomic E-state index is 0.000648. The number of hydrogen-bond donors (Lipinski definition) is 2. The molecule has 2 aliphatic rings. The normalized spacial score (nSPS) is 25.7. The number of ether oxygens (including phenoxy) is 1. The Kier molecular flexibility index (Phi) is 7.15. The van der Waals surface area contributed by atoms with Gasteiger partial charge < -0.3 is 15.4 Å². The van der Waals surface area contributed by atoms with Crippen LogP contribution in [0.1, 0.15) is 35.7 Å². The smallest absolute Gasteiger partial charge is 0.379 e. The summed E-state index contributed by atoms with van der Waals surface area (Å²) in [6, 6.07) is 3.73. The number of morpholine rings is 1. The van der Waals surface area contributed by atoms with Gasteiger partial charge >= 0.3 is 6.18 Å². The number of nitrogens with zero attached hydrogens (tertiary/aromatic N) is 1. The van der Waals surface area contributed by atoms with Crippen LogP contribution in [0.15, 0.2) is 24.3 Å². The van der Waals surface area contributed by atoms with Crippen LogP contribution in [0.4, 0.5) is 13.2 Å². The predicted molar refractivity (Wildman–Crippen MR) is 105 cm³/mol. The highest BCUT2D eigenvalue weighted by Gasteiger charge is 2.41. The van der Waals surface area contributed by atoms with E-state index in [9.17, 15) is 22.8 Å². The van der Waals surface area contributed by atoms with Gasteiger partial charge in [0.1, 0.15) is 0 Å². The van der Waals surface area contributed by atoms with Crippen LogP contribution in [-0.2, 0) is 15.7 Å². The SMILES string of the molecule is CC1(C(=O)NCCN2CCOCC2)CCNC(C(=O)c2cccc(C(F)(F)F)c2)C1. The summed E-state index contributed by atoms with van der Waals surface area (Å²) in [5.41, 5.74) is -1.61. The molecular weight excluding hydrogens is 399 g/mol. The quantitative estimate of drug-likeness (QED) is 0.681. The Morgan fingerprint density at radius 3 is 2.73 bits per heavy atom. The predicted octanol–water partition coefficient (Wildman–Crippen LogP) is 2.09. The maximum absolute atomic E-state index is 13.0. The van der Waals surface area contributed by atoms with E-state index in [-0.39, 0.29) is 17.9 Å². The van der Waals surface area contributed by atoms with Gasteiger partial charge in [-0.05, 0) is 31.5 Å². The zero-order chi connectivity index (χ0) is 21.8. The summed E-state index contributed by atoms with van der Waals surface area (Å²) >= 11 is 0. The van der Waals surface area contributed by atoms with Crippen molar-refractivity contribution in [1.29, 1.82) is 0 Å². The Morgan fingerprint density at radius 2 is 2.03 bits per heavy atom. The van der Waals surface area contributed by atoms with Gasteiger partial charge in [0.2, 0.25) is 5.91 Å². The van der Waals surface area contributed by atoms with E-state index in [1.807, 2.05) is 6.92 Å². The van der Waals surface area contributed by atoms with E-state index in [1.165, 1.54) is 12.1 Å². The number of piperidine rings is 1. The highest BCUT2D eigenvalue weighted by atomic mass is 19.4. The number of hydrogen-bond acceptors (Lipinski definition) is 5. The molecule has 9 heteroatoms. The lowest BCUT2D eigenvalue weighted by Gasteiger charge is -2.37. The fourth-order valence-corrected chi connectivity index (χ4v) is 3.95. The van der Waals surface area contributed by atoms with Crippen LogP contribution in [0.3, 0.4) is 0 Å². The molecule has 2 heterocycles. The largest absolute Gasteiger partial charge is 0.416 e. The molecule has 2 atom stereocenters. The second-order valence-corrected chi connectivity index (χ2v) is 8.17. The summed E-state index contributed by atoms with van der Waals surface area (Å²) in [7, 11) is 0. The molecule has 0 saturated carbocycles. The van der Waals surface area contributed by atoms with Crippen LogP contribution in [0.2, 0.25) is 0 Å². The Hall–Kier alpha value is -1.97. The molecule has 2 aliphatic heterocycles. The minimum Gasteiger partial charge on any atom is -0.379 e. The van der Waals surface area contributed by atoms with Crippen LogP contribution in [-0.4, -0.2) is 68.6 Å². The van der Waals surface area contributed by atoms with Gasteiger partial charge in [-0.2, -0.15) is 13.2 Å². The number of ketones is 1. The van der Waals surface area contributed by atoms with Crippen molar-refractivity contribution in [1.82, 2.24) is 15.5 Å². The van der Waals surface area contributed by atoms with Crippen molar-refractivity contribution in [3.05, 3.63) is 35.4 Å². The van der Waals surface area contributed by atoms with Crippen LogP contribution in [0.25, 0.3) is 0 Å². The van der Waals surface area contributed by atoms with Gasteiger partial charge in [-0.1, -0.05) is 19.1 Å². The van der Waals surface area contributed by atoms with Crippen LogP contribution >= 0.6 is 0 Å². The lowest BCUT2D eigenvalue weighted by molar-refractivity contribution is -0.137. The molecule has 30 heavy (non-hydrogen) atoms. The number of carbonyl (C=O) groups excluding carboxylic acids is 2. The van der Waals surface area contributed by atoms with Crippen LogP contribution in [0, 0.1) is 5.41 Å². The Labute approximate surface area is 174 Å². The van der Waals surface area contributed by atoms with E-state index in [4.69, 9.17) is 4.74 Å². The molecule has 2 saturated heterocycles. The molecule has 166 valence electrons. The molecule has 6 nitrogen and oxygen atoms in total. The van der Waals surface area contributed by atoms with Crippen molar-refractivity contribution in [3.8, 4) is 0 Å².